The van der Waals surface area contributed by atoms with Crippen LogP contribution in [0.3, 0.4) is 0 Å². The van der Waals surface area contributed by atoms with Crippen LogP contribution in [0, 0.1) is 0 Å². The minimum absolute atomic E-state index is 0.492. The molecule has 182 valence electrons. The predicted octanol–water partition coefficient (Wildman–Crippen LogP) is 3.82. The Kier molecular flexibility index (Phi) is 12.1. The van der Waals surface area contributed by atoms with Crippen molar-refractivity contribution in [2.45, 2.75) is 11.5 Å². The summed E-state index contributed by atoms with van der Waals surface area (Å²) in [4.78, 5) is 8.93. The largest absolute Gasteiger partial charge is 0.369 e. The molecule has 34 heavy (non-hydrogen) atoms. The molecule has 0 spiro atoms. The molecule has 0 aliphatic carbocycles. The molecule has 2 heterocycles. The van der Waals surface area contributed by atoms with E-state index < -0.39 is 0 Å². The van der Waals surface area contributed by atoms with Gasteiger partial charge in [-0.2, -0.15) is 0 Å². The Bertz CT molecular complexity index is 974. The Morgan fingerprint density at radius 1 is 0.794 bits per heavy atom. The first kappa shape index (κ1) is 27.4. The highest BCUT2D eigenvalue weighted by Gasteiger charge is 2.11. The first-order valence-electron chi connectivity index (χ1n) is 10.8. The molecule has 0 amide bonds. The standard InChI is InChI=1S/C18H20N4S2.C4H8N2S4/c1-3-13(11-23-17-19-7-8-20-17)16-6-2-4-14(15(16)5-1)12-24-18-21-9-10-22-18;7-3(8)5-1-2-6-4(9)10/h1-6H,7-12H2,(H,19,20)(H,21,22);1-2H2,(H2,5,7,8)(H2,6,9,10). The minimum atomic E-state index is 0.492. The van der Waals surface area contributed by atoms with Crippen LogP contribution in [-0.2, 0) is 11.5 Å². The molecule has 2 aromatic rings. The molecule has 0 saturated heterocycles. The lowest BCUT2D eigenvalue weighted by molar-refractivity contribution is 0.834. The maximum absolute atomic E-state index is 4.65. The first-order chi connectivity index (χ1) is 16.5. The van der Waals surface area contributed by atoms with Crippen LogP contribution in [0.15, 0.2) is 46.4 Å². The third kappa shape index (κ3) is 9.46. The van der Waals surface area contributed by atoms with Crippen LogP contribution in [-0.4, -0.2) is 58.2 Å². The van der Waals surface area contributed by atoms with Gasteiger partial charge in [-0.1, -0.05) is 84.4 Å². The maximum Gasteiger partial charge on any atom is 0.157 e. The van der Waals surface area contributed by atoms with E-state index in [-0.39, 0.29) is 0 Å². The van der Waals surface area contributed by atoms with Crippen LogP contribution < -0.4 is 21.3 Å². The zero-order valence-corrected chi connectivity index (χ0v) is 23.6. The van der Waals surface area contributed by atoms with Crippen molar-refractivity contribution in [3.63, 3.8) is 0 Å². The van der Waals surface area contributed by atoms with Crippen molar-refractivity contribution in [1.82, 2.24) is 21.3 Å². The van der Waals surface area contributed by atoms with E-state index in [4.69, 9.17) is 0 Å². The van der Waals surface area contributed by atoms with E-state index in [1.165, 1.54) is 21.9 Å². The summed E-state index contributed by atoms with van der Waals surface area (Å²) >= 11 is 20.6. The third-order valence-electron chi connectivity index (χ3n) is 4.80. The molecule has 4 N–H and O–H groups in total. The second kappa shape index (κ2) is 15.0. The van der Waals surface area contributed by atoms with Crippen molar-refractivity contribution in [1.29, 1.82) is 0 Å². The normalized spacial score (nSPS) is 14.3. The van der Waals surface area contributed by atoms with Gasteiger partial charge in [0, 0.05) is 37.7 Å². The number of fused-ring (bicyclic) bond motifs is 1. The zero-order chi connectivity index (χ0) is 24.2. The summed E-state index contributed by atoms with van der Waals surface area (Å²) in [5.41, 5.74) is 2.74. The highest BCUT2D eigenvalue weighted by molar-refractivity contribution is 8.13. The van der Waals surface area contributed by atoms with Crippen LogP contribution in [0.4, 0.5) is 0 Å². The van der Waals surface area contributed by atoms with Gasteiger partial charge in [-0.15, -0.1) is 25.3 Å². The predicted molar refractivity (Wildman–Crippen MR) is 166 cm³/mol. The summed E-state index contributed by atoms with van der Waals surface area (Å²) in [6, 6.07) is 13.3. The van der Waals surface area contributed by atoms with Gasteiger partial charge in [0.25, 0.3) is 0 Å². The molecule has 12 heteroatoms. The van der Waals surface area contributed by atoms with E-state index in [9.17, 15) is 0 Å². The van der Waals surface area contributed by atoms with Gasteiger partial charge >= 0.3 is 0 Å². The second-order valence-electron chi connectivity index (χ2n) is 7.20. The highest BCUT2D eigenvalue weighted by atomic mass is 32.2. The van der Waals surface area contributed by atoms with Gasteiger partial charge in [-0.25, -0.2) is 0 Å². The number of thioether (sulfide) groups is 2. The lowest BCUT2D eigenvalue weighted by Gasteiger charge is -2.11. The number of rotatable bonds is 7. The van der Waals surface area contributed by atoms with Crippen molar-refractivity contribution in [2.24, 2.45) is 9.98 Å². The molecular formula is C22H28N6S6. The Balaban J connectivity index is 0.000000277. The fraction of sp³-hybridized carbons (Fsp3) is 0.364. The van der Waals surface area contributed by atoms with Crippen LogP contribution in [0.5, 0.6) is 0 Å². The molecule has 0 saturated carbocycles. The number of benzene rings is 2. The van der Waals surface area contributed by atoms with Crippen molar-refractivity contribution in [3.8, 4) is 0 Å². The van der Waals surface area contributed by atoms with Crippen LogP contribution in [0.1, 0.15) is 11.1 Å². The van der Waals surface area contributed by atoms with E-state index >= 15 is 0 Å². The molecule has 0 radical (unpaired) electrons. The van der Waals surface area contributed by atoms with Crippen LogP contribution in [0.2, 0.25) is 0 Å². The highest BCUT2D eigenvalue weighted by Crippen LogP contribution is 2.28. The number of thiocarbonyl (C=S) groups is 2. The molecule has 0 bridgehead atoms. The monoisotopic (exact) mass is 568 g/mol. The fourth-order valence-corrected chi connectivity index (χ4v) is 5.56. The molecule has 0 atom stereocenters. The van der Waals surface area contributed by atoms with E-state index in [1.807, 2.05) is 0 Å². The van der Waals surface area contributed by atoms with Gasteiger partial charge in [0.1, 0.15) is 8.64 Å². The minimum Gasteiger partial charge on any atom is -0.369 e. The van der Waals surface area contributed by atoms with Crippen LogP contribution in [0.25, 0.3) is 10.8 Å². The van der Waals surface area contributed by atoms with Gasteiger partial charge in [0.05, 0.1) is 13.1 Å². The Morgan fingerprint density at radius 2 is 1.24 bits per heavy atom. The average Bonchev–Trinajstić information content (AvgIpc) is 3.54. The quantitative estimate of drug-likeness (QED) is 0.171. The molecule has 0 aromatic heterocycles. The van der Waals surface area contributed by atoms with E-state index in [0.717, 1.165) is 48.0 Å². The van der Waals surface area contributed by atoms with Crippen molar-refractivity contribution >= 4 is 103 Å². The van der Waals surface area contributed by atoms with E-state index in [1.54, 1.807) is 23.5 Å². The van der Waals surface area contributed by atoms with Crippen molar-refractivity contribution in [3.05, 3.63) is 47.5 Å². The third-order valence-corrected chi connectivity index (χ3v) is 7.41. The topological polar surface area (TPSA) is 72.8 Å². The van der Waals surface area contributed by atoms with Crippen molar-refractivity contribution in [2.75, 3.05) is 39.3 Å². The smallest absolute Gasteiger partial charge is 0.157 e. The number of nitrogens with one attached hydrogen (secondary N) is 4. The lowest BCUT2D eigenvalue weighted by Crippen LogP contribution is -2.29. The lowest BCUT2D eigenvalue weighted by atomic mass is 10.0. The van der Waals surface area contributed by atoms with Crippen molar-refractivity contribution < 1.29 is 0 Å². The van der Waals surface area contributed by atoms with Gasteiger partial charge in [-0.3, -0.25) is 9.98 Å². The summed E-state index contributed by atoms with van der Waals surface area (Å²) in [5, 5.41) is 17.2. The maximum atomic E-state index is 4.65. The summed E-state index contributed by atoms with van der Waals surface area (Å²) < 4.78 is 0.985. The number of thiol groups is 2. The van der Waals surface area contributed by atoms with Gasteiger partial charge in [0.15, 0.2) is 10.3 Å². The Morgan fingerprint density at radius 3 is 1.59 bits per heavy atom. The molecule has 2 aromatic carbocycles. The number of aliphatic imine (C=N–C) groups is 2. The zero-order valence-electron chi connectivity index (χ0n) is 18.5. The number of hydrogen-bond acceptors (Lipinski definition) is 8. The first-order valence-corrected chi connectivity index (χ1v) is 14.5. The fourth-order valence-electron chi connectivity index (χ4n) is 3.27. The van der Waals surface area contributed by atoms with Gasteiger partial charge in [-0.05, 0) is 21.9 Å². The summed E-state index contributed by atoms with van der Waals surface area (Å²) in [7, 11) is 0. The summed E-state index contributed by atoms with van der Waals surface area (Å²) in [6.07, 6.45) is 0. The molecule has 6 nitrogen and oxygen atoms in total. The summed E-state index contributed by atoms with van der Waals surface area (Å²) in [5.74, 6) is 1.90. The molecule has 0 fully saturated rings. The number of nitrogens with zero attached hydrogens (tertiary/aromatic N) is 2. The van der Waals surface area contributed by atoms with Gasteiger partial charge in [0.2, 0.25) is 0 Å². The molecule has 0 unspecified atom stereocenters. The molecule has 4 rings (SSSR count). The number of amidine groups is 2. The second-order valence-corrected chi connectivity index (χ2v) is 11.4. The average molecular weight is 569 g/mol. The molecular weight excluding hydrogens is 541 g/mol. The summed E-state index contributed by atoms with van der Waals surface area (Å²) in [6.45, 7) is 5.16. The number of hydrogen-bond donors (Lipinski definition) is 6. The van der Waals surface area contributed by atoms with E-state index in [2.05, 4.69) is 117 Å². The van der Waals surface area contributed by atoms with Crippen LogP contribution >= 0.6 is 73.2 Å². The molecule has 2 aliphatic rings. The Hall–Kier alpha value is -1.18. The Labute approximate surface area is 231 Å². The SMILES string of the molecule is S=C(S)NCCNC(=S)S.c1cc(CSC2=NCCN2)c2cccc(CSC3=NCCN3)c2c1. The molecule has 2 aliphatic heterocycles. The van der Waals surface area contributed by atoms with E-state index in [0.29, 0.717) is 21.7 Å². The van der Waals surface area contributed by atoms with Gasteiger partial charge < -0.3 is 21.3 Å².